The van der Waals surface area contributed by atoms with E-state index in [1.54, 1.807) is 30.5 Å². The van der Waals surface area contributed by atoms with Crippen LogP contribution < -0.4 is 5.32 Å². The van der Waals surface area contributed by atoms with Gasteiger partial charge in [0.2, 0.25) is 0 Å². The second kappa shape index (κ2) is 7.99. The fourth-order valence-electron chi connectivity index (χ4n) is 3.06. The van der Waals surface area contributed by atoms with Gasteiger partial charge in [-0.3, -0.25) is 4.79 Å². The van der Waals surface area contributed by atoms with Gasteiger partial charge in [0, 0.05) is 17.0 Å². The van der Waals surface area contributed by atoms with Crippen LogP contribution in [0, 0.1) is 22.7 Å². The normalized spacial score (nSPS) is 16.5. The molecule has 0 bridgehead atoms. The summed E-state index contributed by atoms with van der Waals surface area (Å²) < 4.78 is 5.53. The number of Topliss-reactive ketones (excluding diaryl/α,β-unsaturated/α-hetero) is 1. The van der Waals surface area contributed by atoms with E-state index < -0.39 is 5.92 Å². The Bertz CT molecular complexity index is 1000. The molecule has 2 heterocycles. The molecule has 0 amide bonds. The Morgan fingerprint density at radius 1 is 1.22 bits per heavy atom. The highest BCUT2D eigenvalue weighted by Crippen LogP contribution is 2.41. The molecule has 3 rings (SSSR count). The summed E-state index contributed by atoms with van der Waals surface area (Å²) in [5.41, 5.74) is 3.40. The Hall–Kier alpha value is -3.22. The van der Waals surface area contributed by atoms with Crippen LogP contribution in [0.25, 0.3) is 0 Å². The third kappa shape index (κ3) is 3.81. The minimum absolute atomic E-state index is 0.0923. The number of nitriles is 2. The van der Waals surface area contributed by atoms with Crippen LogP contribution in [-0.2, 0) is 10.5 Å². The molecule has 0 fully saturated rings. The van der Waals surface area contributed by atoms with Crippen molar-refractivity contribution in [3.8, 4) is 12.1 Å². The number of furan rings is 1. The van der Waals surface area contributed by atoms with E-state index in [4.69, 9.17) is 9.68 Å². The largest absolute Gasteiger partial charge is 0.468 e. The summed E-state index contributed by atoms with van der Waals surface area (Å²) in [5, 5.41) is 22.6. The summed E-state index contributed by atoms with van der Waals surface area (Å²) >= 11 is 1.49. The molecule has 0 saturated heterocycles. The van der Waals surface area contributed by atoms with Crippen molar-refractivity contribution >= 4 is 17.5 Å². The summed E-state index contributed by atoms with van der Waals surface area (Å²) in [7, 11) is 0. The number of ketones is 1. The third-order valence-electron chi connectivity index (χ3n) is 4.32. The molecule has 27 heavy (non-hydrogen) atoms. The van der Waals surface area contributed by atoms with Gasteiger partial charge in [-0.2, -0.15) is 10.5 Å². The first-order valence-electron chi connectivity index (χ1n) is 8.33. The van der Waals surface area contributed by atoms with Crippen molar-refractivity contribution in [1.29, 1.82) is 10.5 Å². The first-order valence-corrected chi connectivity index (χ1v) is 9.32. The fourth-order valence-corrected chi connectivity index (χ4v) is 4.11. The summed E-state index contributed by atoms with van der Waals surface area (Å²) in [6.07, 6.45) is 1.54. The van der Waals surface area contributed by atoms with Crippen molar-refractivity contribution in [1.82, 2.24) is 5.32 Å². The molecular formula is C21H17N3O2S. The maximum Gasteiger partial charge on any atom is 0.158 e. The number of dihydropyridines is 1. The van der Waals surface area contributed by atoms with Crippen molar-refractivity contribution in [2.75, 3.05) is 0 Å². The minimum Gasteiger partial charge on any atom is -0.468 e. The van der Waals surface area contributed by atoms with Gasteiger partial charge in [-0.1, -0.05) is 12.1 Å². The smallest absolute Gasteiger partial charge is 0.158 e. The second-order valence-corrected chi connectivity index (χ2v) is 7.11. The van der Waals surface area contributed by atoms with Gasteiger partial charge >= 0.3 is 0 Å². The number of allylic oxidation sites excluding steroid dienone is 3. The molecule has 6 heteroatoms. The molecule has 5 nitrogen and oxygen atoms in total. The van der Waals surface area contributed by atoms with Crippen molar-refractivity contribution in [2.24, 2.45) is 0 Å². The van der Waals surface area contributed by atoms with Crippen molar-refractivity contribution in [3.63, 3.8) is 0 Å². The number of carbonyl (C=O) groups is 1. The topological polar surface area (TPSA) is 89.8 Å². The Morgan fingerprint density at radius 2 is 1.96 bits per heavy atom. The number of thioether (sulfide) groups is 1. The Kier molecular flexibility index (Phi) is 5.49. The van der Waals surface area contributed by atoms with Gasteiger partial charge in [0.15, 0.2) is 5.78 Å². The van der Waals surface area contributed by atoms with E-state index in [9.17, 15) is 10.1 Å². The molecule has 134 valence electrons. The molecule has 2 aromatic rings. The number of nitrogens with zero attached hydrogens (tertiary/aromatic N) is 2. The van der Waals surface area contributed by atoms with Crippen LogP contribution in [0.5, 0.6) is 0 Å². The highest BCUT2D eigenvalue weighted by molar-refractivity contribution is 8.02. The molecule has 1 aromatic carbocycles. The summed E-state index contributed by atoms with van der Waals surface area (Å²) in [6.45, 7) is 3.34. The van der Waals surface area contributed by atoms with E-state index in [0.29, 0.717) is 33.3 Å². The van der Waals surface area contributed by atoms with Crippen LogP contribution in [-0.4, -0.2) is 5.78 Å². The van der Waals surface area contributed by atoms with Crippen molar-refractivity contribution in [3.05, 3.63) is 81.4 Å². The average Bonchev–Trinajstić information content (AvgIpc) is 3.20. The number of rotatable bonds is 5. The lowest BCUT2D eigenvalue weighted by atomic mass is 9.84. The lowest BCUT2D eigenvalue weighted by molar-refractivity contribution is -0.113. The molecule has 0 radical (unpaired) electrons. The highest BCUT2D eigenvalue weighted by atomic mass is 32.2. The quantitative estimate of drug-likeness (QED) is 0.834. The number of nitrogens with one attached hydrogen (secondary N) is 1. The van der Waals surface area contributed by atoms with Gasteiger partial charge in [0.25, 0.3) is 0 Å². The Labute approximate surface area is 162 Å². The van der Waals surface area contributed by atoms with Gasteiger partial charge in [-0.25, -0.2) is 0 Å². The first kappa shape index (κ1) is 18.6. The Morgan fingerprint density at radius 3 is 2.52 bits per heavy atom. The molecule has 1 aliphatic heterocycles. The maximum absolute atomic E-state index is 12.2. The third-order valence-corrected chi connectivity index (χ3v) is 5.41. The van der Waals surface area contributed by atoms with Crippen LogP contribution in [0.3, 0.4) is 0 Å². The van der Waals surface area contributed by atoms with Crippen LogP contribution in [0.2, 0.25) is 0 Å². The van der Waals surface area contributed by atoms with Gasteiger partial charge in [0.1, 0.15) is 5.76 Å². The predicted molar refractivity (Wildman–Crippen MR) is 103 cm³/mol. The Balaban J connectivity index is 1.93. The summed E-state index contributed by atoms with van der Waals surface area (Å²) in [6, 6.07) is 15.2. The zero-order valence-corrected chi connectivity index (χ0v) is 15.8. The molecule has 0 saturated carbocycles. The van der Waals surface area contributed by atoms with E-state index >= 15 is 0 Å². The molecule has 1 atom stereocenters. The number of benzene rings is 1. The van der Waals surface area contributed by atoms with Gasteiger partial charge in [-0.05, 0) is 43.7 Å². The summed E-state index contributed by atoms with van der Waals surface area (Å²) in [4.78, 5) is 12.2. The van der Waals surface area contributed by atoms with E-state index in [-0.39, 0.29) is 5.78 Å². The minimum atomic E-state index is -0.507. The maximum atomic E-state index is 12.2. The molecule has 0 unspecified atom stereocenters. The van der Waals surface area contributed by atoms with E-state index in [0.717, 1.165) is 11.3 Å². The molecule has 1 N–H and O–H groups in total. The van der Waals surface area contributed by atoms with Crippen LogP contribution in [0.1, 0.15) is 36.7 Å². The van der Waals surface area contributed by atoms with E-state index in [1.165, 1.54) is 18.7 Å². The average molecular weight is 375 g/mol. The first-order chi connectivity index (χ1) is 13.0. The molecule has 0 aliphatic carbocycles. The summed E-state index contributed by atoms with van der Waals surface area (Å²) in [5.74, 6) is 0.610. The van der Waals surface area contributed by atoms with Gasteiger partial charge in [-0.15, -0.1) is 11.8 Å². The second-order valence-electron chi connectivity index (χ2n) is 6.12. The number of hydrogen-bond donors (Lipinski definition) is 1. The standard InChI is InChI=1S/C21H17N3O2S/c1-13-19(14(2)25)20(18-4-3-9-26-18)17(11-23)21(24-13)27-12-16-7-5-15(10-22)6-8-16/h3-9,20,24H,12H2,1-2H3/t20-/m0/s1. The van der Waals surface area contributed by atoms with Crippen LogP contribution in [0.15, 0.2) is 69.0 Å². The monoisotopic (exact) mass is 375 g/mol. The molecule has 0 spiro atoms. The fraction of sp³-hybridized carbons (Fsp3) is 0.190. The highest BCUT2D eigenvalue weighted by Gasteiger charge is 2.34. The lowest BCUT2D eigenvalue weighted by Gasteiger charge is -2.27. The van der Waals surface area contributed by atoms with Crippen LogP contribution in [0.4, 0.5) is 0 Å². The van der Waals surface area contributed by atoms with Crippen molar-refractivity contribution < 1.29 is 9.21 Å². The van der Waals surface area contributed by atoms with E-state index in [2.05, 4.69) is 17.5 Å². The molecular weight excluding hydrogens is 358 g/mol. The molecule has 1 aromatic heterocycles. The lowest BCUT2D eigenvalue weighted by Crippen LogP contribution is -2.26. The van der Waals surface area contributed by atoms with Gasteiger partial charge < -0.3 is 9.73 Å². The number of hydrogen-bond acceptors (Lipinski definition) is 6. The number of carbonyl (C=O) groups excluding carboxylic acids is 1. The molecule has 1 aliphatic rings. The van der Waals surface area contributed by atoms with Crippen LogP contribution >= 0.6 is 11.8 Å². The van der Waals surface area contributed by atoms with E-state index in [1.807, 2.05) is 19.1 Å². The van der Waals surface area contributed by atoms with Gasteiger partial charge in [0.05, 0.1) is 40.5 Å². The SMILES string of the molecule is CC(=O)C1=C(C)NC(SCc2ccc(C#N)cc2)=C(C#N)[C@H]1c1ccco1. The van der Waals surface area contributed by atoms with Crippen molar-refractivity contribution in [2.45, 2.75) is 25.5 Å². The zero-order valence-electron chi connectivity index (χ0n) is 14.9. The predicted octanol–water partition coefficient (Wildman–Crippen LogP) is 4.37. The zero-order chi connectivity index (χ0) is 19.4.